The quantitative estimate of drug-likeness (QED) is 0.249. The van der Waals surface area contributed by atoms with Crippen LogP contribution < -0.4 is 24.8 Å². The van der Waals surface area contributed by atoms with E-state index in [1.807, 2.05) is 0 Å². The molecule has 0 radical (unpaired) electrons. The molecular formula is C38H42Cl2Zr. The van der Waals surface area contributed by atoms with Crippen LogP contribution in [-0.2, 0) is 49.9 Å². The third-order valence-corrected chi connectivity index (χ3v) is 9.61. The molecule has 0 aliphatic heterocycles. The Balaban J connectivity index is 0.000000267. The van der Waals surface area contributed by atoms with Gasteiger partial charge in [0.2, 0.25) is 0 Å². The first-order valence-corrected chi connectivity index (χ1v) is 14.6. The summed E-state index contributed by atoms with van der Waals surface area (Å²) in [6.07, 6.45) is 11.8. The van der Waals surface area contributed by atoms with Crippen molar-refractivity contribution >= 4 is 12.2 Å². The second-order valence-corrected chi connectivity index (χ2v) is 11.0. The number of rotatable bonds is 8. The Hall–Kier alpha value is -1.92. The molecule has 0 saturated heterocycles. The molecule has 0 heterocycles. The van der Waals surface area contributed by atoms with E-state index in [1.54, 1.807) is 11.1 Å². The van der Waals surface area contributed by atoms with Crippen LogP contribution in [0.1, 0.15) is 86.8 Å². The minimum atomic E-state index is 0. The zero-order chi connectivity index (χ0) is 26.6. The van der Waals surface area contributed by atoms with E-state index >= 15 is 0 Å². The normalized spacial score (nSPS) is 13.3. The number of halogens is 2. The molecule has 0 aromatic heterocycles. The zero-order valence-corrected chi connectivity index (χ0v) is 28.9. The Labute approximate surface area is 280 Å². The summed E-state index contributed by atoms with van der Waals surface area (Å²) in [6, 6.07) is 35.4. The van der Waals surface area contributed by atoms with E-state index < -0.39 is 0 Å². The average Bonchev–Trinajstić information content (AvgIpc) is 3.78. The molecular weight excluding hydrogens is 619 g/mol. The van der Waals surface area contributed by atoms with E-state index in [1.165, 1.54) is 59.1 Å². The second kappa shape index (κ2) is 15.5. The van der Waals surface area contributed by atoms with Gasteiger partial charge in [-0.15, -0.1) is 11.1 Å². The Kier molecular flexibility index (Phi) is 13.4. The number of fused-ring (bicyclic) bond motifs is 2. The topological polar surface area (TPSA) is 0 Å². The fourth-order valence-electron chi connectivity index (χ4n) is 7.16. The zero-order valence-electron chi connectivity index (χ0n) is 24.9. The van der Waals surface area contributed by atoms with Gasteiger partial charge in [0, 0.05) is 0 Å². The molecule has 4 aromatic carbocycles. The van der Waals surface area contributed by atoms with Crippen molar-refractivity contribution in [1.29, 1.82) is 0 Å². The van der Waals surface area contributed by atoms with E-state index in [-0.39, 0.29) is 61.8 Å². The molecule has 0 saturated carbocycles. The van der Waals surface area contributed by atoms with Crippen LogP contribution in [0.5, 0.6) is 0 Å². The Morgan fingerprint density at radius 3 is 1.12 bits per heavy atom. The third-order valence-electron chi connectivity index (χ3n) is 9.61. The second-order valence-electron chi connectivity index (χ2n) is 11.0. The number of benzene rings is 2. The molecule has 0 fully saturated rings. The van der Waals surface area contributed by atoms with E-state index in [9.17, 15) is 0 Å². The predicted octanol–water partition coefficient (Wildman–Crippen LogP) is 4.21. The number of allylic oxidation sites excluding steroid dienone is 2. The third kappa shape index (κ3) is 6.69. The van der Waals surface area contributed by atoms with Crippen molar-refractivity contribution in [3.05, 3.63) is 142 Å². The van der Waals surface area contributed by atoms with E-state index in [4.69, 9.17) is 0 Å². The molecule has 0 nitrogen and oxygen atoms in total. The van der Waals surface area contributed by atoms with Crippen molar-refractivity contribution in [2.24, 2.45) is 0 Å². The standard InChI is InChI=1S/2C19H21.2ClH.Zr/c2*1-3-19(4-2,17-11-7-8-12-17)18-13-15-9-5-6-10-16(15)14-18;;;/h2*5-13H,3-4,14H2,1-2H3;2*1H;/q2*-1;;;+4/p-2. The Bertz CT molecular complexity index is 1290. The van der Waals surface area contributed by atoms with Gasteiger partial charge in [-0.05, 0) is 45.9 Å². The van der Waals surface area contributed by atoms with Crippen LogP contribution in [0.4, 0.5) is 0 Å². The minimum Gasteiger partial charge on any atom is -1.00 e. The summed E-state index contributed by atoms with van der Waals surface area (Å²) in [6.45, 7) is 9.28. The van der Waals surface area contributed by atoms with Gasteiger partial charge >= 0.3 is 26.2 Å². The van der Waals surface area contributed by atoms with Crippen LogP contribution in [0.3, 0.4) is 0 Å². The predicted molar refractivity (Wildman–Crippen MR) is 165 cm³/mol. The summed E-state index contributed by atoms with van der Waals surface area (Å²) in [5.74, 6) is 0. The van der Waals surface area contributed by atoms with E-state index in [2.05, 4.69) is 137 Å². The summed E-state index contributed by atoms with van der Waals surface area (Å²) in [7, 11) is 0. The van der Waals surface area contributed by atoms with Crippen molar-refractivity contribution < 1.29 is 51.0 Å². The SMILES string of the molecule is CCC(CC)(C1=Cc2ccccc2C1)[c-]1cccc1.CCC(CC)(C1=Cc2ccccc2C1)[c-]1cccc1.[Cl-].[Cl-].[Zr+4]. The van der Waals surface area contributed by atoms with Crippen LogP contribution >= 0.6 is 0 Å². The Morgan fingerprint density at radius 2 is 0.829 bits per heavy atom. The smallest absolute Gasteiger partial charge is 1.00 e. The van der Waals surface area contributed by atoms with Gasteiger partial charge in [0.1, 0.15) is 0 Å². The fraction of sp³-hybridized carbons (Fsp3) is 0.316. The summed E-state index contributed by atoms with van der Waals surface area (Å²) in [4.78, 5) is 0. The Morgan fingerprint density at radius 1 is 0.512 bits per heavy atom. The molecule has 0 bridgehead atoms. The molecule has 2 aliphatic carbocycles. The molecule has 0 N–H and O–H groups in total. The monoisotopic (exact) mass is 658 g/mol. The molecule has 0 unspecified atom stereocenters. The minimum absolute atomic E-state index is 0. The van der Waals surface area contributed by atoms with E-state index in [0.29, 0.717) is 0 Å². The summed E-state index contributed by atoms with van der Waals surface area (Å²) >= 11 is 0. The van der Waals surface area contributed by atoms with Crippen LogP contribution in [0.15, 0.2) is 108 Å². The maximum absolute atomic E-state index is 2.43. The van der Waals surface area contributed by atoms with Gasteiger partial charge in [-0.1, -0.05) is 125 Å². The van der Waals surface area contributed by atoms with Gasteiger partial charge in [-0.3, -0.25) is 0 Å². The first-order chi connectivity index (χ1) is 18.6. The summed E-state index contributed by atoms with van der Waals surface area (Å²) in [5, 5.41) is 0. The van der Waals surface area contributed by atoms with Crippen LogP contribution in [0.2, 0.25) is 0 Å². The van der Waals surface area contributed by atoms with Crippen LogP contribution in [0.25, 0.3) is 12.2 Å². The summed E-state index contributed by atoms with van der Waals surface area (Å²) in [5.41, 5.74) is 12.4. The molecule has 0 atom stereocenters. The van der Waals surface area contributed by atoms with Gasteiger partial charge in [-0.25, -0.2) is 24.3 Å². The van der Waals surface area contributed by atoms with Gasteiger partial charge in [-0.2, -0.15) is 24.3 Å². The summed E-state index contributed by atoms with van der Waals surface area (Å²) < 4.78 is 0. The molecule has 2 aliphatic rings. The van der Waals surface area contributed by atoms with Gasteiger partial charge in [0.15, 0.2) is 0 Å². The van der Waals surface area contributed by atoms with Crippen LogP contribution in [-0.4, -0.2) is 0 Å². The van der Waals surface area contributed by atoms with Crippen LogP contribution in [0, 0.1) is 0 Å². The molecule has 6 rings (SSSR count). The molecule has 212 valence electrons. The van der Waals surface area contributed by atoms with Gasteiger partial charge in [0.05, 0.1) is 0 Å². The average molecular weight is 661 g/mol. The molecule has 3 heteroatoms. The molecule has 0 spiro atoms. The van der Waals surface area contributed by atoms with Crippen molar-refractivity contribution in [3.63, 3.8) is 0 Å². The first-order valence-electron chi connectivity index (χ1n) is 14.6. The van der Waals surface area contributed by atoms with E-state index in [0.717, 1.165) is 12.8 Å². The maximum atomic E-state index is 2.43. The number of hydrogen-bond donors (Lipinski definition) is 0. The molecule has 41 heavy (non-hydrogen) atoms. The van der Waals surface area contributed by atoms with Gasteiger partial charge < -0.3 is 24.8 Å². The largest absolute Gasteiger partial charge is 4.00 e. The van der Waals surface area contributed by atoms with Crippen molar-refractivity contribution in [1.82, 2.24) is 0 Å². The van der Waals surface area contributed by atoms with Crippen molar-refractivity contribution in [2.45, 2.75) is 77.0 Å². The maximum Gasteiger partial charge on any atom is 4.00 e. The fourth-order valence-corrected chi connectivity index (χ4v) is 7.16. The van der Waals surface area contributed by atoms with Crippen molar-refractivity contribution in [2.75, 3.05) is 0 Å². The molecule has 0 amide bonds. The first kappa shape index (κ1) is 35.3. The van der Waals surface area contributed by atoms with Crippen molar-refractivity contribution in [3.8, 4) is 0 Å². The molecule has 4 aromatic rings. The number of hydrogen-bond acceptors (Lipinski definition) is 0. The van der Waals surface area contributed by atoms with Gasteiger partial charge in [0.25, 0.3) is 0 Å².